The third kappa shape index (κ3) is 3.14. The van der Waals surface area contributed by atoms with Crippen LogP contribution in [0.15, 0.2) is 42.7 Å². The van der Waals surface area contributed by atoms with Gasteiger partial charge in [0.1, 0.15) is 6.61 Å². The summed E-state index contributed by atoms with van der Waals surface area (Å²) in [6, 6.07) is 9.51. The molecule has 0 atom stereocenters. The number of aromatic nitrogens is 1. The molecule has 2 aromatic rings. The molecular weight excluding hydrogens is 250 g/mol. The Kier molecular flexibility index (Phi) is 4.42. The second-order valence-corrected chi connectivity index (χ2v) is 4.03. The van der Waals surface area contributed by atoms with Gasteiger partial charge in [-0.15, -0.1) is 11.6 Å². The van der Waals surface area contributed by atoms with Crippen molar-refractivity contribution in [2.45, 2.75) is 12.5 Å². The Morgan fingerprint density at radius 3 is 2.50 bits per heavy atom. The molecule has 4 heteroatoms. The molecule has 1 aromatic carbocycles. The van der Waals surface area contributed by atoms with Gasteiger partial charge in [-0.1, -0.05) is 6.07 Å². The number of benzene rings is 1. The van der Waals surface area contributed by atoms with Crippen LogP contribution in [0.1, 0.15) is 11.1 Å². The van der Waals surface area contributed by atoms with E-state index >= 15 is 0 Å². The quantitative estimate of drug-likeness (QED) is 0.775. The molecule has 0 aliphatic heterocycles. The van der Waals surface area contributed by atoms with Crippen LogP contribution in [0.5, 0.6) is 11.5 Å². The number of alkyl halides is 1. The molecule has 94 valence electrons. The van der Waals surface area contributed by atoms with Crippen molar-refractivity contribution in [3.05, 3.63) is 53.9 Å². The van der Waals surface area contributed by atoms with Crippen LogP contribution >= 0.6 is 11.6 Å². The molecule has 0 fully saturated rings. The molecule has 1 heterocycles. The van der Waals surface area contributed by atoms with Gasteiger partial charge in [0.2, 0.25) is 0 Å². The highest BCUT2D eigenvalue weighted by atomic mass is 35.5. The SMILES string of the molecule is COc1ccc(CCl)cc1OCc1ccncc1. The van der Waals surface area contributed by atoms with Gasteiger partial charge >= 0.3 is 0 Å². The molecule has 0 bridgehead atoms. The molecule has 2 rings (SSSR count). The van der Waals surface area contributed by atoms with Crippen molar-refractivity contribution in [2.75, 3.05) is 7.11 Å². The summed E-state index contributed by atoms with van der Waals surface area (Å²) in [5.74, 6) is 1.86. The fourth-order valence-electron chi connectivity index (χ4n) is 1.56. The average molecular weight is 264 g/mol. The molecule has 0 saturated carbocycles. The number of rotatable bonds is 5. The monoisotopic (exact) mass is 263 g/mol. The van der Waals surface area contributed by atoms with Gasteiger partial charge in [0, 0.05) is 18.3 Å². The Labute approximate surface area is 111 Å². The summed E-state index contributed by atoms with van der Waals surface area (Å²) in [5.41, 5.74) is 2.06. The number of hydrogen-bond donors (Lipinski definition) is 0. The topological polar surface area (TPSA) is 31.4 Å². The molecule has 0 radical (unpaired) electrons. The van der Waals surface area contributed by atoms with E-state index in [0.29, 0.717) is 24.0 Å². The molecule has 1 aromatic heterocycles. The maximum Gasteiger partial charge on any atom is 0.161 e. The first-order chi connectivity index (χ1) is 8.83. The lowest BCUT2D eigenvalue weighted by Gasteiger charge is -2.11. The van der Waals surface area contributed by atoms with E-state index < -0.39 is 0 Å². The lowest BCUT2D eigenvalue weighted by Crippen LogP contribution is -1.98. The highest BCUT2D eigenvalue weighted by Crippen LogP contribution is 2.29. The first kappa shape index (κ1) is 12.7. The second kappa shape index (κ2) is 6.26. The average Bonchev–Trinajstić information content (AvgIpc) is 2.45. The van der Waals surface area contributed by atoms with Gasteiger partial charge in [-0.2, -0.15) is 0 Å². The van der Waals surface area contributed by atoms with Crippen molar-refractivity contribution in [1.82, 2.24) is 4.98 Å². The minimum absolute atomic E-state index is 0.454. The Balaban J connectivity index is 2.12. The van der Waals surface area contributed by atoms with Crippen molar-refractivity contribution < 1.29 is 9.47 Å². The zero-order chi connectivity index (χ0) is 12.8. The molecule has 0 amide bonds. The number of halogens is 1. The van der Waals surface area contributed by atoms with Gasteiger partial charge in [-0.05, 0) is 35.4 Å². The summed E-state index contributed by atoms with van der Waals surface area (Å²) in [7, 11) is 1.62. The smallest absolute Gasteiger partial charge is 0.161 e. The summed E-state index contributed by atoms with van der Waals surface area (Å²) in [5, 5.41) is 0. The van der Waals surface area contributed by atoms with Gasteiger partial charge in [0.05, 0.1) is 7.11 Å². The van der Waals surface area contributed by atoms with Gasteiger partial charge < -0.3 is 9.47 Å². The summed E-state index contributed by atoms with van der Waals surface area (Å²) in [6.07, 6.45) is 3.48. The van der Waals surface area contributed by atoms with E-state index in [-0.39, 0.29) is 0 Å². The lowest BCUT2D eigenvalue weighted by atomic mass is 10.2. The van der Waals surface area contributed by atoms with E-state index in [2.05, 4.69) is 4.98 Å². The zero-order valence-electron chi connectivity index (χ0n) is 10.1. The van der Waals surface area contributed by atoms with Gasteiger partial charge in [-0.3, -0.25) is 4.98 Å². The first-order valence-electron chi connectivity index (χ1n) is 5.58. The number of hydrogen-bond acceptors (Lipinski definition) is 3. The second-order valence-electron chi connectivity index (χ2n) is 3.76. The summed E-state index contributed by atoms with van der Waals surface area (Å²) < 4.78 is 11.0. The third-order valence-corrected chi connectivity index (χ3v) is 2.83. The Morgan fingerprint density at radius 2 is 1.83 bits per heavy atom. The maximum atomic E-state index is 5.81. The molecule has 0 saturated heterocycles. The van der Waals surface area contributed by atoms with E-state index in [4.69, 9.17) is 21.1 Å². The molecule has 3 nitrogen and oxygen atoms in total. The predicted molar refractivity (Wildman–Crippen MR) is 71.1 cm³/mol. The minimum atomic E-state index is 0.454. The lowest BCUT2D eigenvalue weighted by molar-refractivity contribution is 0.284. The molecule has 18 heavy (non-hydrogen) atoms. The van der Waals surface area contributed by atoms with Crippen LogP contribution in [-0.4, -0.2) is 12.1 Å². The van der Waals surface area contributed by atoms with Gasteiger partial charge in [0.25, 0.3) is 0 Å². The van der Waals surface area contributed by atoms with Crippen molar-refractivity contribution in [3.8, 4) is 11.5 Å². The minimum Gasteiger partial charge on any atom is -0.493 e. The maximum absolute atomic E-state index is 5.81. The predicted octanol–water partition coefficient (Wildman–Crippen LogP) is 3.41. The molecule has 0 aliphatic carbocycles. The van der Waals surface area contributed by atoms with Crippen LogP contribution in [0.3, 0.4) is 0 Å². The van der Waals surface area contributed by atoms with Crippen LogP contribution in [0.2, 0.25) is 0 Å². The Morgan fingerprint density at radius 1 is 1.06 bits per heavy atom. The van der Waals surface area contributed by atoms with Crippen LogP contribution in [0, 0.1) is 0 Å². The summed E-state index contributed by atoms with van der Waals surface area (Å²) in [6.45, 7) is 0.477. The third-order valence-electron chi connectivity index (χ3n) is 2.53. The fraction of sp³-hybridized carbons (Fsp3) is 0.214. The highest BCUT2D eigenvalue weighted by Gasteiger charge is 2.05. The highest BCUT2D eigenvalue weighted by molar-refractivity contribution is 6.17. The van der Waals surface area contributed by atoms with Crippen molar-refractivity contribution in [2.24, 2.45) is 0 Å². The molecule has 0 spiro atoms. The number of pyridine rings is 1. The molecule has 0 N–H and O–H groups in total. The van der Waals surface area contributed by atoms with Crippen molar-refractivity contribution >= 4 is 11.6 Å². The number of ether oxygens (including phenoxy) is 2. The van der Waals surface area contributed by atoms with E-state index in [1.165, 1.54) is 0 Å². The molecule has 0 aliphatic rings. The van der Waals surface area contributed by atoms with Crippen LogP contribution < -0.4 is 9.47 Å². The van der Waals surface area contributed by atoms with Gasteiger partial charge in [-0.25, -0.2) is 0 Å². The molecular formula is C14H14ClNO2. The van der Waals surface area contributed by atoms with Crippen LogP contribution in [0.4, 0.5) is 0 Å². The van der Waals surface area contributed by atoms with E-state index in [9.17, 15) is 0 Å². The normalized spacial score (nSPS) is 10.1. The van der Waals surface area contributed by atoms with E-state index in [1.54, 1.807) is 19.5 Å². The summed E-state index contributed by atoms with van der Waals surface area (Å²) in [4.78, 5) is 3.96. The number of methoxy groups -OCH3 is 1. The zero-order valence-corrected chi connectivity index (χ0v) is 10.9. The van der Waals surface area contributed by atoms with Crippen molar-refractivity contribution in [1.29, 1.82) is 0 Å². The fourth-order valence-corrected chi connectivity index (χ4v) is 1.72. The Bertz CT molecular complexity index is 502. The van der Waals surface area contributed by atoms with Gasteiger partial charge in [0.15, 0.2) is 11.5 Å². The van der Waals surface area contributed by atoms with Crippen LogP contribution in [-0.2, 0) is 12.5 Å². The largest absolute Gasteiger partial charge is 0.493 e. The van der Waals surface area contributed by atoms with E-state index in [0.717, 1.165) is 11.1 Å². The standard InChI is InChI=1S/C14H14ClNO2/c1-17-13-3-2-12(9-15)8-14(13)18-10-11-4-6-16-7-5-11/h2-8H,9-10H2,1H3. The van der Waals surface area contributed by atoms with Crippen LogP contribution in [0.25, 0.3) is 0 Å². The number of nitrogens with zero attached hydrogens (tertiary/aromatic N) is 1. The summed E-state index contributed by atoms with van der Waals surface area (Å²) >= 11 is 5.81. The van der Waals surface area contributed by atoms with E-state index in [1.807, 2.05) is 30.3 Å². The first-order valence-corrected chi connectivity index (χ1v) is 6.11. The Hall–Kier alpha value is -1.74. The van der Waals surface area contributed by atoms with Crippen molar-refractivity contribution in [3.63, 3.8) is 0 Å². The molecule has 0 unspecified atom stereocenters.